The van der Waals surface area contributed by atoms with E-state index < -0.39 is 16.5 Å². The van der Waals surface area contributed by atoms with Crippen LogP contribution < -0.4 is 5.32 Å². The topological polar surface area (TPSA) is 96.0 Å². The maximum atomic E-state index is 11.3. The highest BCUT2D eigenvalue weighted by atomic mass is 35.5. The molecule has 0 aliphatic rings. The van der Waals surface area contributed by atoms with Crippen LogP contribution in [0.3, 0.4) is 0 Å². The monoisotopic (exact) mass is 225 g/mol. The summed E-state index contributed by atoms with van der Waals surface area (Å²) in [6.45, 7) is 0. The molecule has 76 valence electrons. The van der Waals surface area contributed by atoms with Crippen LogP contribution in [0.25, 0.3) is 0 Å². The molecule has 0 bridgehead atoms. The minimum atomic E-state index is -0.894. The molecule has 0 heterocycles. The van der Waals surface area contributed by atoms with Gasteiger partial charge in [0.15, 0.2) is 6.19 Å². The van der Waals surface area contributed by atoms with Gasteiger partial charge in [-0.15, -0.1) is 0 Å². The molecule has 0 spiro atoms. The molecule has 7 heteroatoms. The van der Waals surface area contributed by atoms with Crippen molar-refractivity contribution in [2.24, 2.45) is 0 Å². The predicted molar refractivity (Wildman–Crippen MR) is 51.2 cm³/mol. The van der Waals surface area contributed by atoms with E-state index >= 15 is 0 Å². The molecule has 6 nitrogen and oxygen atoms in total. The van der Waals surface area contributed by atoms with Gasteiger partial charge in [-0.3, -0.25) is 20.2 Å². The van der Waals surface area contributed by atoms with Crippen molar-refractivity contribution in [2.45, 2.75) is 0 Å². The number of hydrogen-bond donors (Lipinski definition) is 1. The number of halogens is 1. The molecule has 1 aromatic carbocycles. The molecule has 0 radical (unpaired) electrons. The first-order chi connectivity index (χ1) is 7.07. The van der Waals surface area contributed by atoms with Crippen LogP contribution in [-0.2, 0) is 0 Å². The maximum absolute atomic E-state index is 11.3. The number of carbonyl (C=O) groups excluding carboxylic acids is 1. The van der Waals surface area contributed by atoms with Gasteiger partial charge in [-0.2, -0.15) is 5.26 Å². The minimum Gasteiger partial charge on any atom is -0.268 e. The Morgan fingerprint density at radius 1 is 1.60 bits per heavy atom. The highest BCUT2D eigenvalue weighted by molar-refractivity contribution is 6.34. The lowest BCUT2D eigenvalue weighted by molar-refractivity contribution is -0.385. The van der Waals surface area contributed by atoms with E-state index in [1.165, 1.54) is 18.3 Å². The fourth-order valence-electron chi connectivity index (χ4n) is 1.00. The molecule has 1 amide bonds. The van der Waals surface area contributed by atoms with Crippen LogP contribution in [0.5, 0.6) is 0 Å². The molecule has 0 aromatic heterocycles. The molecular formula is C8H4ClN3O3. The Bertz CT molecular complexity index is 467. The largest absolute Gasteiger partial charge is 0.283 e. The van der Waals surface area contributed by atoms with Gasteiger partial charge in [0, 0.05) is 6.07 Å². The number of rotatable bonds is 2. The van der Waals surface area contributed by atoms with Gasteiger partial charge in [-0.05, 0) is 6.07 Å². The van der Waals surface area contributed by atoms with E-state index in [0.29, 0.717) is 0 Å². The van der Waals surface area contributed by atoms with Gasteiger partial charge in [0.1, 0.15) is 5.56 Å². The third kappa shape index (κ3) is 2.21. The summed E-state index contributed by atoms with van der Waals surface area (Å²) in [7, 11) is 0. The summed E-state index contributed by atoms with van der Waals surface area (Å²) in [4.78, 5) is 21.1. The molecular weight excluding hydrogens is 222 g/mol. The van der Waals surface area contributed by atoms with Gasteiger partial charge in [-0.25, -0.2) is 0 Å². The second kappa shape index (κ2) is 4.39. The minimum absolute atomic E-state index is 0.0723. The van der Waals surface area contributed by atoms with Crippen molar-refractivity contribution >= 4 is 23.2 Å². The Balaban J connectivity index is 3.32. The Morgan fingerprint density at radius 2 is 2.27 bits per heavy atom. The third-order valence-corrected chi connectivity index (χ3v) is 1.90. The van der Waals surface area contributed by atoms with Crippen LogP contribution in [0.4, 0.5) is 5.69 Å². The highest BCUT2D eigenvalue weighted by Gasteiger charge is 2.22. The van der Waals surface area contributed by atoms with Gasteiger partial charge in [-0.1, -0.05) is 17.7 Å². The number of nitro benzene ring substituents is 1. The Morgan fingerprint density at radius 3 is 2.80 bits per heavy atom. The second-order valence-electron chi connectivity index (χ2n) is 2.46. The summed E-state index contributed by atoms with van der Waals surface area (Å²) in [6.07, 6.45) is 1.38. The van der Waals surface area contributed by atoms with E-state index in [1.807, 2.05) is 0 Å². The van der Waals surface area contributed by atoms with Crippen LogP contribution >= 0.6 is 11.6 Å². The second-order valence-corrected chi connectivity index (χ2v) is 2.86. The zero-order chi connectivity index (χ0) is 11.4. The summed E-state index contributed by atoms with van der Waals surface area (Å²) in [5, 5.41) is 20.5. The van der Waals surface area contributed by atoms with E-state index in [1.54, 1.807) is 5.32 Å². The summed E-state index contributed by atoms with van der Waals surface area (Å²) >= 11 is 5.63. The van der Waals surface area contributed by atoms with Crippen molar-refractivity contribution in [3.8, 4) is 6.19 Å². The summed E-state index contributed by atoms with van der Waals surface area (Å²) in [5.41, 5.74) is -0.749. The molecule has 0 saturated carbocycles. The van der Waals surface area contributed by atoms with Crippen molar-refractivity contribution in [3.05, 3.63) is 38.9 Å². The molecule has 0 fully saturated rings. The van der Waals surface area contributed by atoms with Crippen LogP contribution in [-0.4, -0.2) is 10.8 Å². The molecule has 1 rings (SSSR count). The van der Waals surface area contributed by atoms with E-state index in [2.05, 4.69) is 0 Å². The fraction of sp³-hybridized carbons (Fsp3) is 0. The number of nitro groups is 1. The van der Waals surface area contributed by atoms with Crippen molar-refractivity contribution in [2.75, 3.05) is 0 Å². The lowest BCUT2D eigenvalue weighted by atomic mass is 10.1. The number of nitrogens with zero attached hydrogens (tertiary/aromatic N) is 2. The van der Waals surface area contributed by atoms with Gasteiger partial charge in [0.25, 0.3) is 11.6 Å². The predicted octanol–water partition coefficient (Wildman–Crippen LogP) is 1.46. The zero-order valence-corrected chi connectivity index (χ0v) is 7.99. The summed E-state index contributed by atoms with van der Waals surface area (Å²) in [6, 6.07) is 3.82. The van der Waals surface area contributed by atoms with Gasteiger partial charge < -0.3 is 0 Å². The Labute approximate surface area is 89.2 Å². The molecule has 0 unspecified atom stereocenters. The summed E-state index contributed by atoms with van der Waals surface area (Å²) < 4.78 is 0. The quantitative estimate of drug-likeness (QED) is 0.357. The fourth-order valence-corrected chi connectivity index (χ4v) is 1.26. The number of nitriles is 1. The SMILES string of the molecule is N#CNC(=O)c1c(Cl)cccc1[N+](=O)[O-]. The van der Waals surface area contributed by atoms with E-state index in [4.69, 9.17) is 16.9 Å². The first-order valence-electron chi connectivity index (χ1n) is 3.70. The molecule has 1 N–H and O–H groups in total. The molecule has 1 aromatic rings. The van der Waals surface area contributed by atoms with E-state index in [9.17, 15) is 14.9 Å². The number of carbonyl (C=O) groups is 1. The van der Waals surface area contributed by atoms with Crippen LogP contribution in [0.1, 0.15) is 10.4 Å². The van der Waals surface area contributed by atoms with E-state index in [-0.39, 0.29) is 10.6 Å². The third-order valence-electron chi connectivity index (χ3n) is 1.58. The number of amides is 1. The van der Waals surface area contributed by atoms with Crippen molar-refractivity contribution in [3.63, 3.8) is 0 Å². The van der Waals surface area contributed by atoms with Crippen molar-refractivity contribution in [1.29, 1.82) is 5.26 Å². The average Bonchev–Trinajstić information content (AvgIpc) is 2.17. The molecule has 15 heavy (non-hydrogen) atoms. The number of benzene rings is 1. The molecule has 0 atom stereocenters. The normalized spacial score (nSPS) is 9.07. The van der Waals surface area contributed by atoms with E-state index in [0.717, 1.165) is 6.07 Å². The first-order valence-corrected chi connectivity index (χ1v) is 4.08. The molecule has 0 aliphatic carbocycles. The Hall–Kier alpha value is -2.13. The van der Waals surface area contributed by atoms with Gasteiger partial charge >= 0.3 is 0 Å². The van der Waals surface area contributed by atoms with Crippen LogP contribution in [0.2, 0.25) is 5.02 Å². The molecule has 0 aliphatic heterocycles. The summed E-state index contributed by atoms with van der Waals surface area (Å²) in [5.74, 6) is -0.894. The highest BCUT2D eigenvalue weighted by Crippen LogP contribution is 2.25. The van der Waals surface area contributed by atoms with Gasteiger partial charge in [0.2, 0.25) is 0 Å². The zero-order valence-electron chi connectivity index (χ0n) is 7.23. The number of nitrogens with one attached hydrogen (secondary N) is 1. The van der Waals surface area contributed by atoms with Crippen molar-refractivity contribution in [1.82, 2.24) is 5.32 Å². The molecule has 0 saturated heterocycles. The van der Waals surface area contributed by atoms with Crippen LogP contribution in [0, 0.1) is 21.6 Å². The lowest BCUT2D eigenvalue weighted by Gasteiger charge is -2.01. The first kappa shape index (κ1) is 10.9. The smallest absolute Gasteiger partial charge is 0.268 e. The van der Waals surface area contributed by atoms with Gasteiger partial charge in [0.05, 0.1) is 9.95 Å². The Kier molecular flexibility index (Phi) is 3.21. The average molecular weight is 226 g/mol. The van der Waals surface area contributed by atoms with Crippen LogP contribution in [0.15, 0.2) is 18.2 Å². The maximum Gasteiger partial charge on any atom is 0.283 e. The standard InChI is InChI=1S/C8H4ClN3O3/c9-5-2-1-3-6(12(14)15)7(5)8(13)11-4-10/h1-3H,(H,11,13). The lowest BCUT2D eigenvalue weighted by Crippen LogP contribution is -2.19. The van der Waals surface area contributed by atoms with Crippen molar-refractivity contribution < 1.29 is 9.72 Å². The number of hydrogen-bond acceptors (Lipinski definition) is 4.